The smallest absolute Gasteiger partial charge is 0.315 e. The standard InChI is InChI=1S/C19H34O3S/c1-3-5-6-7-8-9-10-12-16-13-11-14-17(20)19(16)23-15-18(21)22-4-2/h12,17,19-20H,3-11,13-15H2,1-2H3. The summed E-state index contributed by atoms with van der Waals surface area (Å²) in [6, 6.07) is 0. The number of hydrogen-bond acceptors (Lipinski definition) is 4. The van der Waals surface area contributed by atoms with Crippen molar-refractivity contribution in [2.75, 3.05) is 12.4 Å². The van der Waals surface area contributed by atoms with Crippen molar-refractivity contribution in [3.8, 4) is 0 Å². The van der Waals surface area contributed by atoms with Crippen LogP contribution in [-0.2, 0) is 9.53 Å². The van der Waals surface area contributed by atoms with Gasteiger partial charge in [0.1, 0.15) is 0 Å². The Hall–Kier alpha value is -0.480. The van der Waals surface area contributed by atoms with Gasteiger partial charge in [0.25, 0.3) is 0 Å². The predicted octanol–water partition coefficient (Wildman–Crippen LogP) is 4.87. The number of aliphatic hydroxyl groups excluding tert-OH is 1. The molecule has 134 valence electrons. The lowest BCUT2D eigenvalue weighted by molar-refractivity contribution is -0.139. The second-order valence-corrected chi connectivity index (χ2v) is 7.46. The quantitative estimate of drug-likeness (QED) is 0.330. The van der Waals surface area contributed by atoms with Gasteiger partial charge in [0, 0.05) is 0 Å². The van der Waals surface area contributed by atoms with Crippen molar-refractivity contribution in [2.45, 2.75) is 89.4 Å². The topological polar surface area (TPSA) is 46.5 Å². The molecular weight excluding hydrogens is 308 g/mol. The first-order valence-corrected chi connectivity index (χ1v) is 10.4. The van der Waals surface area contributed by atoms with E-state index in [0.717, 1.165) is 25.7 Å². The molecule has 0 aliphatic heterocycles. The minimum Gasteiger partial charge on any atom is -0.465 e. The van der Waals surface area contributed by atoms with E-state index in [1.165, 1.54) is 44.1 Å². The lowest BCUT2D eigenvalue weighted by Gasteiger charge is -2.30. The molecule has 1 saturated carbocycles. The second kappa shape index (κ2) is 12.9. The molecule has 0 saturated heterocycles. The van der Waals surface area contributed by atoms with Crippen LogP contribution in [0.4, 0.5) is 0 Å². The van der Waals surface area contributed by atoms with Gasteiger partial charge in [-0.1, -0.05) is 50.7 Å². The average molecular weight is 343 g/mol. The van der Waals surface area contributed by atoms with Crippen molar-refractivity contribution < 1.29 is 14.6 Å². The number of ether oxygens (including phenoxy) is 1. The minimum atomic E-state index is -0.320. The fraction of sp³-hybridized carbons (Fsp3) is 0.842. The lowest BCUT2D eigenvalue weighted by Crippen LogP contribution is -2.30. The first-order chi connectivity index (χ1) is 11.2. The van der Waals surface area contributed by atoms with Crippen molar-refractivity contribution in [3.63, 3.8) is 0 Å². The van der Waals surface area contributed by atoms with E-state index in [-0.39, 0.29) is 17.3 Å². The summed E-state index contributed by atoms with van der Waals surface area (Å²) in [5.74, 6) is 0.162. The maximum absolute atomic E-state index is 11.5. The zero-order valence-electron chi connectivity index (χ0n) is 14.9. The number of hydrogen-bond donors (Lipinski definition) is 1. The van der Waals surface area contributed by atoms with Crippen LogP contribution in [0.2, 0.25) is 0 Å². The van der Waals surface area contributed by atoms with Crippen LogP contribution < -0.4 is 0 Å². The number of thioether (sulfide) groups is 1. The molecule has 0 heterocycles. The van der Waals surface area contributed by atoms with Gasteiger partial charge in [-0.2, -0.15) is 0 Å². The number of rotatable bonds is 11. The molecule has 3 nitrogen and oxygen atoms in total. The summed E-state index contributed by atoms with van der Waals surface area (Å²) in [5, 5.41) is 10.3. The van der Waals surface area contributed by atoms with Gasteiger partial charge in [0.05, 0.1) is 23.7 Å². The van der Waals surface area contributed by atoms with E-state index in [4.69, 9.17) is 4.74 Å². The Bertz CT molecular complexity index is 355. The number of allylic oxidation sites excluding steroid dienone is 1. The fourth-order valence-electron chi connectivity index (χ4n) is 3.06. The van der Waals surface area contributed by atoms with Crippen LogP contribution >= 0.6 is 11.8 Å². The van der Waals surface area contributed by atoms with Gasteiger partial charge in [0.2, 0.25) is 0 Å². The number of carbonyl (C=O) groups is 1. The molecule has 23 heavy (non-hydrogen) atoms. The van der Waals surface area contributed by atoms with E-state index < -0.39 is 0 Å². The summed E-state index contributed by atoms with van der Waals surface area (Å²) < 4.78 is 4.99. The molecule has 2 unspecified atom stereocenters. The molecule has 0 radical (unpaired) electrons. The normalized spacial score (nSPS) is 23.2. The van der Waals surface area contributed by atoms with E-state index in [9.17, 15) is 9.90 Å². The number of aliphatic hydroxyl groups is 1. The summed E-state index contributed by atoms with van der Waals surface area (Å²) in [7, 11) is 0. The Morgan fingerprint density at radius 3 is 2.74 bits per heavy atom. The molecule has 1 aliphatic carbocycles. The Morgan fingerprint density at radius 1 is 1.26 bits per heavy atom. The highest BCUT2D eigenvalue weighted by Gasteiger charge is 2.28. The van der Waals surface area contributed by atoms with Gasteiger partial charge >= 0.3 is 5.97 Å². The van der Waals surface area contributed by atoms with Crippen LogP contribution in [0.5, 0.6) is 0 Å². The van der Waals surface area contributed by atoms with Gasteiger partial charge in [-0.05, 0) is 39.0 Å². The zero-order valence-corrected chi connectivity index (χ0v) is 15.7. The molecule has 0 bridgehead atoms. The molecule has 0 aromatic carbocycles. The third-order valence-corrected chi connectivity index (χ3v) is 5.71. The third-order valence-electron chi connectivity index (χ3n) is 4.33. The van der Waals surface area contributed by atoms with Crippen LogP contribution in [0.3, 0.4) is 0 Å². The van der Waals surface area contributed by atoms with E-state index in [0.29, 0.717) is 12.4 Å². The lowest BCUT2D eigenvalue weighted by atomic mass is 9.91. The summed E-state index contributed by atoms with van der Waals surface area (Å²) in [5.41, 5.74) is 1.34. The van der Waals surface area contributed by atoms with Crippen LogP contribution in [0, 0.1) is 0 Å². The minimum absolute atomic E-state index is 0.0771. The number of unbranched alkanes of at least 4 members (excludes halogenated alkanes) is 6. The summed E-state index contributed by atoms with van der Waals surface area (Å²) in [6.07, 6.45) is 13.9. The Labute approximate surface area is 146 Å². The van der Waals surface area contributed by atoms with Crippen molar-refractivity contribution >= 4 is 17.7 Å². The molecule has 0 spiro atoms. The molecule has 2 atom stereocenters. The molecule has 4 heteroatoms. The SMILES string of the molecule is CCCCCCCCC=C1CCCC(O)C1SCC(=O)OCC. The zero-order chi connectivity index (χ0) is 16.9. The number of carbonyl (C=O) groups excluding carboxylic acids is 1. The van der Waals surface area contributed by atoms with Gasteiger partial charge in [0.15, 0.2) is 0 Å². The molecule has 0 amide bonds. The first kappa shape index (κ1) is 20.6. The molecule has 0 aromatic heterocycles. The van der Waals surface area contributed by atoms with Gasteiger partial charge in [-0.15, -0.1) is 11.8 Å². The van der Waals surface area contributed by atoms with E-state index in [1.807, 2.05) is 6.92 Å². The van der Waals surface area contributed by atoms with Gasteiger partial charge in [-0.25, -0.2) is 0 Å². The summed E-state index contributed by atoms with van der Waals surface area (Å²) >= 11 is 1.54. The summed E-state index contributed by atoms with van der Waals surface area (Å²) in [6.45, 7) is 4.49. The molecule has 1 N–H and O–H groups in total. The highest BCUT2D eigenvalue weighted by Crippen LogP contribution is 2.34. The van der Waals surface area contributed by atoms with E-state index in [2.05, 4.69) is 13.0 Å². The van der Waals surface area contributed by atoms with Crippen LogP contribution in [0.1, 0.15) is 78.1 Å². The Morgan fingerprint density at radius 2 is 2.00 bits per heavy atom. The van der Waals surface area contributed by atoms with Crippen LogP contribution in [-0.4, -0.2) is 34.8 Å². The molecule has 1 fully saturated rings. The first-order valence-electron chi connectivity index (χ1n) is 9.33. The largest absolute Gasteiger partial charge is 0.465 e. The Balaban J connectivity index is 2.36. The van der Waals surface area contributed by atoms with E-state index >= 15 is 0 Å². The highest BCUT2D eigenvalue weighted by atomic mass is 32.2. The Kier molecular flexibility index (Phi) is 11.5. The van der Waals surface area contributed by atoms with E-state index in [1.54, 1.807) is 11.8 Å². The fourth-order valence-corrected chi connectivity index (χ4v) is 4.25. The van der Waals surface area contributed by atoms with Gasteiger partial charge < -0.3 is 9.84 Å². The number of esters is 1. The van der Waals surface area contributed by atoms with Gasteiger partial charge in [-0.3, -0.25) is 4.79 Å². The predicted molar refractivity (Wildman–Crippen MR) is 98.8 cm³/mol. The molecule has 0 aromatic rings. The monoisotopic (exact) mass is 342 g/mol. The molecular formula is C19H34O3S. The van der Waals surface area contributed by atoms with Crippen LogP contribution in [0.15, 0.2) is 11.6 Å². The molecule has 1 rings (SSSR count). The third kappa shape index (κ3) is 8.80. The van der Waals surface area contributed by atoms with Crippen molar-refractivity contribution in [2.24, 2.45) is 0 Å². The highest BCUT2D eigenvalue weighted by molar-refractivity contribution is 8.00. The summed E-state index contributed by atoms with van der Waals surface area (Å²) in [4.78, 5) is 11.5. The average Bonchev–Trinajstić information content (AvgIpc) is 2.53. The van der Waals surface area contributed by atoms with Crippen molar-refractivity contribution in [1.29, 1.82) is 0 Å². The maximum atomic E-state index is 11.5. The van der Waals surface area contributed by atoms with Crippen LogP contribution in [0.25, 0.3) is 0 Å². The maximum Gasteiger partial charge on any atom is 0.315 e. The van der Waals surface area contributed by atoms with Crippen molar-refractivity contribution in [3.05, 3.63) is 11.6 Å². The van der Waals surface area contributed by atoms with Crippen molar-refractivity contribution in [1.82, 2.24) is 0 Å². The second-order valence-electron chi connectivity index (χ2n) is 6.33. The molecule has 1 aliphatic rings.